The standard InChI is InChI=1S/C21H16F3NO3S/c22-21(23,24)16-7-4-13(5-8-16)18-3-1-2-14-12-15(6-11-19(14)18)20(26)25-29(27,28)17-9-10-17/h1-8,11-12,17H,9-10H2,(H,25,26). The number of sulfonamides is 1. The first-order valence-corrected chi connectivity index (χ1v) is 10.5. The molecule has 0 aliphatic heterocycles. The number of alkyl halides is 3. The van der Waals surface area contributed by atoms with Crippen molar-refractivity contribution in [3.63, 3.8) is 0 Å². The van der Waals surface area contributed by atoms with E-state index < -0.39 is 32.9 Å². The van der Waals surface area contributed by atoms with Crippen LogP contribution in [0.25, 0.3) is 21.9 Å². The number of fused-ring (bicyclic) bond motifs is 1. The van der Waals surface area contributed by atoms with Crippen molar-refractivity contribution in [1.82, 2.24) is 4.72 Å². The fourth-order valence-corrected chi connectivity index (χ4v) is 4.46. The van der Waals surface area contributed by atoms with Crippen molar-refractivity contribution in [2.75, 3.05) is 0 Å². The number of hydrogen-bond acceptors (Lipinski definition) is 3. The highest BCUT2D eigenvalue weighted by Gasteiger charge is 2.37. The number of rotatable bonds is 4. The van der Waals surface area contributed by atoms with Crippen molar-refractivity contribution >= 4 is 26.7 Å². The Morgan fingerprint density at radius 1 is 0.966 bits per heavy atom. The maximum Gasteiger partial charge on any atom is 0.416 e. The van der Waals surface area contributed by atoms with Gasteiger partial charge in [-0.3, -0.25) is 4.79 Å². The van der Waals surface area contributed by atoms with Gasteiger partial charge in [-0.25, -0.2) is 13.1 Å². The molecule has 0 unspecified atom stereocenters. The number of carbonyl (C=O) groups is 1. The number of hydrogen-bond donors (Lipinski definition) is 1. The molecule has 4 rings (SSSR count). The summed E-state index contributed by atoms with van der Waals surface area (Å²) in [6, 6.07) is 14.9. The molecule has 8 heteroatoms. The third-order valence-corrected chi connectivity index (χ3v) is 6.68. The molecule has 3 aromatic rings. The Labute approximate surface area is 165 Å². The molecule has 1 N–H and O–H groups in total. The zero-order chi connectivity index (χ0) is 20.8. The number of benzene rings is 3. The monoisotopic (exact) mass is 419 g/mol. The first-order valence-electron chi connectivity index (χ1n) is 8.91. The Morgan fingerprint density at radius 3 is 2.28 bits per heavy atom. The van der Waals surface area contributed by atoms with Crippen LogP contribution < -0.4 is 4.72 Å². The van der Waals surface area contributed by atoms with Crippen LogP contribution >= 0.6 is 0 Å². The molecule has 1 aliphatic rings. The summed E-state index contributed by atoms with van der Waals surface area (Å²) in [6.45, 7) is 0. The topological polar surface area (TPSA) is 63.2 Å². The van der Waals surface area contributed by atoms with E-state index in [2.05, 4.69) is 4.72 Å². The van der Waals surface area contributed by atoms with Gasteiger partial charge in [0.1, 0.15) is 0 Å². The fraction of sp³-hybridized carbons (Fsp3) is 0.190. The molecule has 1 saturated carbocycles. The third kappa shape index (κ3) is 3.98. The molecule has 29 heavy (non-hydrogen) atoms. The molecular formula is C21H16F3NO3S. The van der Waals surface area contributed by atoms with E-state index in [-0.39, 0.29) is 5.56 Å². The highest BCUT2D eigenvalue weighted by Crippen LogP contribution is 2.33. The van der Waals surface area contributed by atoms with Crippen molar-refractivity contribution in [2.45, 2.75) is 24.3 Å². The van der Waals surface area contributed by atoms with Gasteiger partial charge >= 0.3 is 6.18 Å². The molecule has 1 aliphatic carbocycles. The lowest BCUT2D eigenvalue weighted by atomic mass is 9.96. The van der Waals surface area contributed by atoms with Gasteiger partial charge < -0.3 is 0 Å². The molecule has 1 fully saturated rings. The van der Waals surface area contributed by atoms with Gasteiger partial charge in [0, 0.05) is 5.56 Å². The van der Waals surface area contributed by atoms with Crippen LogP contribution in [0.1, 0.15) is 28.8 Å². The third-order valence-electron chi connectivity index (χ3n) is 4.86. The Kier molecular flexibility index (Phi) is 4.61. The van der Waals surface area contributed by atoms with Crippen LogP contribution in [0, 0.1) is 0 Å². The average Bonchev–Trinajstić information content (AvgIpc) is 3.52. The molecule has 0 saturated heterocycles. The van der Waals surface area contributed by atoms with Gasteiger partial charge in [0.2, 0.25) is 10.0 Å². The Bertz CT molecular complexity index is 1200. The van der Waals surface area contributed by atoms with Crippen molar-refractivity contribution < 1.29 is 26.4 Å². The summed E-state index contributed by atoms with van der Waals surface area (Å²) in [4.78, 5) is 12.3. The average molecular weight is 419 g/mol. The second kappa shape index (κ2) is 6.88. The van der Waals surface area contributed by atoms with Gasteiger partial charge in [-0.2, -0.15) is 13.2 Å². The van der Waals surface area contributed by atoms with E-state index in [1.807, 2.05) is 0 Å². The van der Waals surface area contributed by atoms with Crippen LogP contribution in [-0.2, 0) is 16.2 Å². The summed E-state index contributed by atoms with van der Waals surface area (Å²) in [5.74, 6) is -0.696. The lowest BCUT2D eigenvalue weighted by Crippen LogP contribution is -2.33. The molecule has 0 radical (unpaired) electrons. The minimum absolute atomic E-state index is 0.200. The van der Waals surface area contributed by atoms with Crippen molar-refractivity contribution in [3.05, 3.63) is 71.8 Å². The van der Waals surface area contributed by atoms with E-state index >= 15 is 0 Å². The van der Waals surface area contributed by atoms with Crippen LogP contribution in [0.5, 0.6) is 0 Å². The van der Waals surface area contributed by atoms with Gasteiger partial charge in [0.15, 0.2) is 0 Å². The summed E-state index contributed by atoms with van der Waals surface area (Å²) in [6.07, 6.45) is -3.30. The fourth-order valence-electron chi connectivity index (χ4n) is 3.17. The van der Waals surface area contributed by atoms with Gasteiger partial charge in [-0.15, -0.1) is 0 Å². The quantitative estimate of drug-likeness (QED) is 0.664. The molecule has 0 atom stereocenters. The molecular weight excluding hydrogens is 403 g/mol. The van der Waals surface area contributed by atoms with Crippen LogP contribution in [0.4, 0.5) is 13.2 Å². The van der Waals surface area contributed by atoms with E-state index in [9.17, 15) is 26.4 Å². The van der Waals surface area contributed by atoms with Crippen LogP contribution in [0.3, 0.4) is 0 Å². The predicted octanol–water partition coefficient (Wildman–Crippen LogP) is 4.75. The Hall–Kier alpha value is -2.87. The van der Waals surface area contributed by atoms with E-state index in [4.69, 9.17) is 0 Å². The Balaban J connectivity index is 1.67. The van der Waals surface area contributed by atoms with Crippen molar-refractivity contribution in [2.24, 2.45) is 0 Å². The smallest absolute Gasteiger partial charge is 0.268 e. The summed E-state index contributed by atoms with van der Waals surface area (Å²) < 4.78 is 64.4. The largest absolute Gasteiger partial charge is 0.416 e. The van der Waals surface area contributed by atoms with E-state index in [1.54, 1.807) is 30.3 Å². The van der Waals surface area contributed by atoms with Crippen molar-refractivity contribution in [1.29, 1.82) is 0 Å². The van der Waals surface area contributed by atoms with E-state index in [0.717, 1.165) is 17.5 Å². The second-order valence-electron chi connectivity index (χ2n) is 6.99. The first kappa shape index (κ1) is 19.4. The van der Waals surface area contributed by atoms with Gasteiger partial charge in [0.25, 0.3) is 5.91 Å². The Morgan fingerprint density at radius 2 is 1.66 bits per heavy atom. The minimum Gasteiger partial charge on any atom is -0.268 e. The van der Waals surface area contributed by atoms with Crippen LogP contribution in [-0.4, -0.2) is 19.6 Å². The molecule has 1 amide bonds. The summed E-state index contributed by atoms with van der Waals surface area (Å²) >= 11 is 0. The molecule has 150 valence electrons. The molecule has 0 heterocycles. The molecule has 0 bridgehead atoms. The SMILES string of the molecule is O=C(NS(=O)(=O)C1CC1)c1ccc2c(-c3ccc(C(F)(F)F)cc3)cccc2c1. The number of halogens is 3. The number of amides is 1. The normalized spacial score (nSPS) is 14.7. The minimum atomic E-state index is -4.40. The predicted molar refractivity (Wildman–Crippen MR) is 104 cm³/mol. The zero-order valence-electron chi connectivity index (χ0n) is 15.0. The summed E-state index contributed by atoms with van der Waals surface area (Å²) in [7, 11) is -3.65. The van der Waals surface area contributed by atoms with Crippen LogP contribution in [0.15, 0.2) is 60.7 Å². The van der Waals surface area contributed by atoms with E-state index in [0.29, 0.717) is 29.4 Å². The number of carbonyl (C=O) groups excluding carboxylic acids is 1. The first-order chi connectivity index (χ1) is 13.6. The second-order valence-corrected chi connectivity index (χ2v) is 8.95. The summed E-state index contributed by atoms with van der Waals surface area (Å²) in [5.41, 5.74) is 0.800. The maximum atomic E-state index is 12.8. The maximum absolute atomic E-state index is 12.8. The molecule has 0 aromatic heterocycles. The van der Waals surface area contributed by atoms with Crippen molar-refractivity contribution in [3.8, 4) is 11.1 Å². The highest BCUT2D eigenvalue weighted by molar-refractivity contribution is 7.91. The summed E-state index contributed by atoms with van der Waals surface area (Å²) in [5, 5.41) is 0.922. The van der Waals surface area contributed by atoms with Gasteiger partial charge in [-0.1, -0.05) is 36.4 Å². The van der Waals surface area contributed by atoms with Crippen LogP contribution in [0.2, 0.25) is 0 Å². The lowest BCUT2D eigenvalue weighted by molar-refractivity contribution is -0.137. The number of nitrogens with one attached hydrogen (secondary N) is 1. The lowest BCUT2D eigenvalue weighted by Gasteiger charge is -2.11. The molecule has 3 aromatic carbocycles. The molecule has 4 nitrogen and oxygen atoms in total. The zero-order valence-corrected chi connectivity index (χ0v) is 15.8. The van der Waals surface area contributed by atoms with E-state index in [1.165, 1.54) is 18.2 Å². The molecule has 0 spiro atoms. The highest BCUT2D eigenvalue weighted by atomic mass is 32.2. The van der Waals surface area contributed by atoms with Gasteiger partial charge in [0.05, 0.1) is 10.8 Å². The van der Waals surface area contributed by atoms with Gasteiger partial charge in [-0.05, 0) is 59.0 Å².